The molecule has 1 atom stereocenters. The van der Waals surface area contributed by atoms with Crippen LogP contribution in [0.1, 0.15) is 6.42 Å². The highest BCUT2D eigenvalue weighted by atomic mass is 32.2. The Kier molecular flexibility index (Phi) is 2.99. The molecule has 96 valence electrons. The molecule has 0 aliphatic carbocycles. The van der Waals surface area contributed by atoms with Crippen LogP contribution in [0.5, 0.6) is 0 Å². The fraction of sp³-hybridized carbons (Fsp3) is 0.417. The van der Waals surface area contributed by atoms with Crippen molar-refractivity contribution in [1.29, 1.82) is 0 Å². The summed E-state index contributed by atoms with van der Waals surface area (Å²) < 4.78 is 24.0. The van der Waals surface area contributed by atoms with Gasteiger partial charge in [-0.3, -0.25) is 0 Å². The number of hydrogen-bond acceptors (Lipinski definition) is 5. The number of thiophene rings is 1. The quantitative estimate of drug-likeness (QED) is 0.937. The SMILES string of the molecule is O=S1(=O)CCC(CNc2nccc3sccc23)C1. The van der Waals surface area contributed by atoms with Crippen LogP contribution in [-0.4, -0.2) is 31.5 Å². The van der Waals surface area contributed by atoms with Crippen molar-refractivity contribution in [2.24, 2.45) is 5.92 Å². The van der Waals surface area contributed by atoms with Crippen LogP contribution in [0, 0.1) is 5.92 Å². The molecule has 3 heterocycles. The van der Waals surface area contributed by atoms with E-state index in [2.05, 4.69) is 10.3 Å². The second kappa shape index (κ2) is 4.51. The Morgan fingerprint density at radius 2 is 2.33 bits per heavy atom. The third kappa shape index (κ3) is 2.35. The predicted octanol–water partition coefficient (Wildman–Crippen LogP) is 2.14. The smallest absolute Gasteiger partial charge is 0.150 e. The number of fused-ring (bicyclic) bond motifs is 1. The fourth-order valence-corrected chi connectivity index (χ4v) is 4.95. The second-order valence-corrected chi connectivity index (χ2v) is 7.82. The van der Waals surface area contributed by atoms with Gasteiger partial charge in [-0.2, -0.15) is 0 Å². The van der Waals surface area contributed by atoms with Crippen LogP contribution in [-0.2, 0) is 9.84 Å². The Balaban J connectivity index is 1.72. The molecule has 6 heteroatoms. The first kappa shape index (κ1) is 11.9. The summed E-state index contributed by atoms with van der Waals surface area (Å²) in [6, 6.07) is 4.03. The third-order valence-corrected chi connectivity index (χ3v) is 5.98. The van der Waals surface area contributed by atoms with Crippen LogP contribution in [0.2, 0.25) is 0 Å². The Labute approximate surface area is 110 Å². The van der Waals surface area contributed by atoms with Crippen LogP contribution in [0.15, 0.2) is 23.7 Å². The number of anilines is 1. The molecular formula is C12H14N2O2S2. The molecule has 18 heavy (non-hydrogen) atoms. The fourth-order valence-electron chi connectivity index (χ4n) is 2.31. The lowest BCUT2D eigenvalue weighted by Crippen LogP contribution is -2.16. The number of nitrogens with one attached hydrogen (secondary N) is 1. The Morgan fingerprint density at radius 3 is 3.11 bits per heavy atom. The molecule has 0 radical (unpaired) electrons. The summed E-state index contributed by atoms with van der Waals surface area (Å²) in [7, 11) is -2.79. The number of pyridine rings is 1. The molecule has 1 fully saturated rings. The summed E-state index contributed by atoms with van der Waals surface area (Å²) in [6.07, 6.45) is 2.54. The van der Waals surface area contributed by atoms with Crippen LogP contribution in [0.4, 0.5) is 5.82 Å². The van der Waals surface area contributed by atoms with Crippen molar-refractivity contribution in [3.05, 3.63) is 23.7 Å². The molecule has 1 unspecified atom stereocenters. The number of rotatable bonds is 3. The lowest BCUT2D eigenvalue weighted by Gasteiger charge is -2.10. The molecule has 1 saturated heterocycles. The first-order valence-electron chi connectivity index (χ1n) is 5.90. The maximum Gasteiger partial charge on any atom is 0.150 e. The zero-order chi connectivity index (χ0) is 12.6. The summed E-state index contributed by atoms with van der Waals surface area (Å²) in [5, 5.41) is 6.44. The first-order valence-corrected chi connectivity index (χ1v) is 8.61. The van der Waals surface area contributed by atoms with Gasteiger partial charge in [0.25, 0.3) is 0 Å². The van der Waals surface area contributed by atoms with Gasteiger partial charge in [-0.25, -0.2) is 13.4 Å². The minimum atomic E-state index is -2.79. The van der Waals surface area contributed by atoms with Gasteiger partial charge in [-0.05, 0) is 29.9 Å². The molecule has 3 rings (SSSR count). The van der Waals surface area contributed by atoms with Crippen molar-refractivity contribution in [3.63, 3.8) is 0 Å². The van der Waals surface area contributed by atoms with E-state index in [1.165, 1.54) is 4.70 Å². The molecule has 0 bridgehead atoms. The van der Waals surface area contributed by atoms with Gasteiger partial charge in [0.2, 0.25) is 0 Å². The van der Waals surface area contributed by atoms with Crippen molar-refractivity contribution in [1.82, 2.24) is 4.98 Å². The van der Waals surface area contributed by atoms with Crippen molar-refractivity contribution in [2.75, 3.05) is 23.4 Å². The van der Waals surface area contributed by atoms with E-state index in [4.69, 9.17) is 0 Å². The molecule has 1 aliphatic rings. The van der Waals surface area contributed by atoms with Crippen molar-refractivity contribution in [2.45, 2.75) is 6.42 Å². The lowest BCUT2D eigenvalue weighted by molar-refractivity contribution is 0.596. The van der Waals surface area contributed by atoms with Crippen molar-refractivity contribution in [3.8, 4) is 0 Å². The Morgan fingerprint density at radius 1 is 1.44 bits per heavy atom. The summed E-state index contributed by atoms with van der Waals surface area (Å²) in [4.78, 5) is 4.32. The van der Waals surface area contributed by atoms with E-state index in [9.17, 15) is 8.42 Å². The topological polar surface area (TPSA) is 59.1 Å². The zero-order valence-corrected chi connectivity index (χ0v) is 11.4. The van der Waals surface area contributed by atoms with E-state index < -0.39 is 9.84 Å². The van der Waals surface area contributed by atoms with Gasteiger partial charge in [-0.15, -0.1) is 11.3 Å². The van der Waals surface area contributed by atoms with Crippen LogP contribution in [0.3, 0.4) is 0 Å². The summed E-state index contributed by atoms with van der Waals surface area (Å²) in [5.41, 5.74) is 0. The molecule has 2 aromatic heterocycles. The highest BCUT2D eigenvalue weighted by molar-refractivity contribution is 7.91. The van der Waals surface area contributed by atoms with Crippen LogP contribution < -0.4 is 5.32 Å². The molecule has 1 aliphatic heterocycles. The van der Waals surface area contributed by atoms with E-state index in [1.54, 1.807) is 17.5 Å². The van der Waals surface area contributed by atoms with Gasteiger partial charge in [0, 0.05) is 22.8 Å². The summed E-state index contributed by atoms with van der Waals surface area (Å²) in [5.74, 6) is 1.71. The average Bonchev–Trinajstić information content (AvgIpc) is 2.92. The van der Waals surface area contributed by atoms with Gasteiger partial charge in [0.1, 0.15) is 5.82 Å². The van der Waals surface area contributed by atoms with E-state index in [-0.39, 0.29) is 5.92 Å². The average molecular weight is 282 g/mol. The molecule has 0 saturated carbocycles. The minimum absolute atomic E-state index is 0.214. The lowest BCUT2D eigenvalue weighted by atomic mass is 10.1. The monoisotopic (exact) mass is 282 g/mol. The van der Waals surface area contributed by atoms with Gasteiger partial charge in [0.05, 0.1) is 11.5 Å². The van der Waals surface area contributed by atoms with Crippen molar-refractivity contribution >= 4 is 37.1 Å². The molecule has 0 spiro atoms. The third-order valence-electron chi connectivity index (χ3n) is 3.26. The van der Waals surface area contributed by atoms with E-state index in [1.807, 2.05) is 17.5 Å². The molecule has 0 amide bonds. The first-order chi connectivity index (χ1) is 8.64. The van der Waals surface area contributed by atoms with Crippen LogP contribution in [0.25, 0.3) is 10.1 Å². The number of hydrogen-bond donors (Lipinski definition) is 1. The maximum absolute atomic E-state index is 11.4. The minimum Gasteiger partial charge on any atom is -0.369 e. The standard InChI is InChI=1S/C12H14N2O2S2/c15-18(16)6-3-9(8-18)7-14-12-10-2-5-17-11(10)1-4-13-12/h1-2,4-5,9H,3,6-8H2,(H,13,14). The van der Waals surface area contributed by atoms with Gasteiger partial charge in [0.15, 0.2) is 9.84 Å². The van der Waals surface area contributed by atoms with Crippen molar-refractivity contribution < 1.29 is 8.42 Å². The second-order valence-electron chi connectivity index (χ2n) is 4.64. The van der Waals surface area contributed by atoms with Gasteiger partial charge >= 0.3 is 0 Å². The highest BCUT2D eigenvalue weighted by Crippen LogP contribution is 2.26. The molecular weight excluding hydrogens is 268 g/mol. The number of aromatic nitrogens is 1. The van der Waals surface area contributed by atoms with Gasteiger partial charge in [-0.1, -0.05) is 0 Å². The molecule has 0 aromatic carbocycles. The highest BCUT2D eigenvalue weighted by Gasteiger charge is 2.27. The zero-order valence-electron chi connectivity index (χ0n) is 9.80. The van der Waals surface area contributed by atoms with E-state index >= 15 is 0 Å². The van der Waals surface area contributed by atoms with E-state index in [0.717, 1.165) is 17.6 Å². The van der Waals surface area contributed by atoms with E-state index in [0.29, 0.717) is 18.1 Å². The summed E-state index contributed by atoms with van der Waals surface area (Å²) >= 11 is 1.68. The molecule has 1 N–H and O–H groups in total. The molecule has 2 aromatic rings. The number of nitrogens with zero attached hydrogens (tertiary/aromatic N) is 1. The Hall–Kier alpha value is -1.14. The normalized spacial score (nSPS) is 22.3. The summed E-state index contributed by atoms with van der Waals surface area (Å²) in [6.45, 7) is 0.682. The predicted molar refractivity (Wildman–Crippen MR) is 74.9 cm³/mol. The number of sulfone groups is 1. The van der Waals surface area contributed by atoms with Crippen LogP contribution >= 0.6 is 11.3 Å². The largest absolute Gasteiger partial charge is 0.369 e. The molecule has 4 nitrogen and oxygen atoms in total. The Bertz CT molecular complexity index is 664. The maximum atomic E-state index is 11.4. The van der Waals surface area contributed by atoms with Gasteiger partial charge < -0.3 is 5.32 Å².